The molecule has 1 atom stereocenters. The van der Waals surface area contributed by atoms with Gasteiger partial charge in [-0.05, 0) is 37.6 Å². The molecule has 1 saturated heterocycles. The quantitative estimate of drug-likeness (QED) is 0.811. The van der Waals surface area contributed by atoms with Gasteiger partial charge >= 0.3 is 0 Å². The largest absolute Gasteiger partial charge is 0.395 e. The Morgan fingerprint density at radius 2 is 2.10 bits per heavy atom. The van der Waals surface area contributed by atoms with Crippen molar-refractivity contribution in [2.75, 3.05) is 25.4 Å². The lowest BCUT2D eigenvalue weighted by molar-refractivity contribution is 0.131. The minimum absolute atomic E-state index is 0.266. The van der Waals surface area contributed by atoms with Gasteiger partial charge in [-0.25, -0.2) is 0 Å². The molecule has 0 radical (unpaired) electrons. The Hall–Kier alpha value is 0.0700. The van der Waals surface area contributed by atoms with E-state index in [1.165, 1.54) is 19.3 Å². The van der Waals surface area contributed by atoms with Crippen molar-refractivity contribution in [3.63, 3.8) is 0 Å². The highest BCUT2D eigenvalue weighted by molar-refractivity contribution is 7.99. The van der Waals surface area contributed by atoms with E-state index < -0.39 is 0 Å². The summed E-state index contributed by atoms with van der Waals surface area (Å²) in [5.41, 5.74) is 0. The van der Waals surface area contributed by atoms with Crippen LogP contribution < -0.4 is 0 Å². The summed E-state index contributed by atoms with van der Waals surface area (Å²) < 4.78 is 0. The van der Waals surface area contributed by atoms with Gasteiger partial charge in [-0.2, -0.15) is 0 Å². The lowest BCUT2D eigenvalue weighted by Crippen LogP contribution is -2.38. The van der Waals surface area contributed by atoms with Gasteiger partial charge in [-0.3, -0.25) is 4.90 Å². The molecule has 2 rings (SSSR count). The van der Waals surface area contributed by atoms with Crippen LogP contribution in [0.4, 0.5) is 0 Å². The first kappa shape index (κ1) is 16.4. The molecule has 0 bridgehead atoms. The monoisotopic (exact) mass is 333 g/mol. The first-order chi connectivity index (χ1) is 9.70. The standard InChI is InChI=1S/C15H21Cl2NOS/c16-12-5-6-14(17)15(10-12)20-9-8-18-7-3-1-2-4-13(18)11-19/h5-6,10,13,19H,1-4,7-9,11H2. The number of thioether (sulfide) groups is 1. The SMILES string of the molecule is OCC1CCCCCN1CCSc1cc(Cl)ccc1Cl. The molecule has 0 saturated carbocycles. The average Bonchev–Trinajstić information content (AvgIpc) is 2.67. The van der Waals surface area contributed by atoms with Crippen LogP contribution in [0.15, 0.2) is 23.1 Å². The van der Waals surface area contributed by atoms with Gasteiger partial charge in [0.1, 0.15) is 0 Å². The van der Waals surface area contributed by atoms with Crippen molar-refractivity contribution < 1.29 is 5.11 Å². The van der Waals surface area contributed by atoms with E-state index >= 15 is 0 Å². The highest BCUT2D eigenvalue weighted by atomic mass is 35.5. The summed E-state index contributed by atoms with van der Waals surface area (Å²) in [7, 11) is 0. The van der Waals surface area contributed by atoms with E-state index in [0.717, 1.165) is 40.2 Å². The third kappa shape index (κ3) is 4.81. The normalized spacial score (nSPS) is 20.9. The summed E-state index contributed by atoms with van der Waals surface area (Å²) >= 11 is 13.9. The molecular weight excluding hydrogens is 313 g/mol. The van der Waals surface area contributed by atoms with E-state index in [4.69, 9.17) is 23.2 Å². The summed E-state index contributed by atoms with van der Waals surface area (Å²) in [6.07, 6.45) is 4.85. The van der Waals surface area contributed by atoms with E-state index in [2.05, 4.69) is 4.90 Å². The minimum atomic E-state index is 0.266. The summed E-state index contributed by atoms with van der Waals surface area (Å²) in [6.45, 7) is 2.34. The van der Waals surface area contributed by atoms with Gasteiger partial charge in [0.15, 0.2) is 0 Å². The van der Waals surface area contributed by atoms with Crippen LogP contribution in [0.3, 0.4) is 0 Å². The summed E-state index contributed by atoms with van der Waals surface area (Å²) in [5.74, 6) is 0.969. The zero-order valence-electron chi connectivity index (χ0n) is 11.5. The second-order valence-corrected chi connectivity index (χ2v) is 7.13. The van der Waals surface area contributed by atoms with E-state index in [9.17, 15) is 5.11 Å². The third-order valence-electron chi connectivity index (χ3n) is 3.74. The van der Waals surface area contributed by atoms with Crippen LogP contribution in [-0.2, 0) is 0 Å². The van der Waals surface area contributed by atoms with Crippen LogP contribution in [0.2, 0.25) is 10.0 Å². The van der Waals surface area contributed by atoms with E-state index in [0.29, 0.717) is 6.04 Å². The second kappa shape index (κ2) is 8.50. The number of benzene rings is 1. The Labute approximate surface area is 135 Å². The van der Waals surface area contributed by atoms with E-state index in [1.807, 2.05) is 18.2 Å². The lowest BCUT2D eigenvalue weighted by Gasteiger charge is -2.28. The van der Waals surface area contributed by atoms with Crippen molar-refractivity contribution in [2.24, 2.45) is 0 Å². The smallest absolute Gasteiger partial charge is 0.0586 e. The Morgan fingerprint density at radius 3 is 2.90 bits per heavy atom. The van der Waals surface area contributed by atoms with Crippen LogP contribution in [0.1, 0.15) is 25.7 Å². The predicted molar refractivity (Wildman–Crippen MR) is 88.1 cm³/mol. The van der Waals surface area contributed by atoms with Gasteiger partial charge in [0.25, 0.3) is 0 Å². The molecule has 20 heavy (non-hydrogen) atoms. The Balaban J connectivity index is 1.86. The highest BCUT2D eigenvalue weighted by Crippen LogP contribution is 2.30. The molecule has 0 aliphatic carbocycles. The van der Waals surface area contributed by atoms with Crippen molar-refractivity contribution in [3.05, 3.63) is 28.2 Å². The zero-order chi connectivity index (χ0) is 14.4. The fourth-order valence-corrected chi connectivity index (χ4v) is 4.08. The van der Waals surface area contributed by atoms with Crippen molar-refractivity contribution >= 4 is 35.0 Å². The Bertz CT molecular complexity index is 430. The molecule has 1 aliphatic heterocycles. The maximum absolute atomic E-state index is 9.50. The summed E-state index contributed by atoms with van der Waals surface area (Å²) in [4.78, 5) is 3.45. The number of hydrogen-bond acceptors (Lipinski definition) is 3. The second-order valence-electron chi connectivity index (χ2n) is 5.14. The van der Waals surface area contributed by atoms with Gasteiger partial charge in [0.05, 0.1) is 11.6 Å². The molecule has 1 unspecified atom stereocenters. The molecule has 1 aromatic carbocycles. The van der Waals surface area contributed by atoms with Gasteiger partial charge in [0, 0.05) is 28.3 Å². The van der Waals surface area contributed by atoms with Crippen LogP contribution >= 0.6 is 35.0 Å². The fraction of sp³-hybridized carbons (Fsp3) is 0.600. The summed E-state index contributed by atoms with van der Waals surface area (Å²) in [6, 6.07) is 5.90. The van der Waals surface area contributed by atoms with E-state index in [1.54, 1.807) is 11.8 Å². The third-order valence-corrected chi connectivity index (χ3v) is 5.45. The number of hydrogen-bond donors (Lipinski definition) is 1. The maximum Gasteiger partial charge on any atom is 0.0586 e. The molecule has 0 spiro atoms. The molecule has 0 aromatic heterocycles. The first-order valence-electron chi connectivity index (χ1n) is 7.13. The topological polar surface area (TPSA) is 23.5 Å². The Kier molecular flexibility index (Phi) is 6.99. The predicted octanol–water partition coefficient (Wildman–Crippen LogP) is 4.32. The number of aliphatic hydroxyl groups excluding tert-OH is 1. The first-order valence-corrected chi connectivity index (χ1v) is 8.87. The molecule has 2 nitrogen and oxygen atoms in total. The molecule has 1 aromatic rings. The molecule has 1 fully saturated rings. The van der Waals surface area contributed by atoms with Gasteiger partial charge in [0.2, 0.25) is 0 Å². The minimum Gasteiger partial charge on any atom is -0.395 e. The van der Waals surface area contributed by atoms with Crippen LogP contribution in [-0.4, -0.2) is 41.5 Å². The lowest BCUT2D eigenvalue weighted by atomic mass is 10.1. The number of nitrogens with zero attached hydrogens (tertiary/aromatic N) is 1. The Morgan fingerprint density at radius 1 is 1.25 bits per heavy atom. The zero-order valence-corrected chi connectivity index (χ0v) is 13.9. The molecule has 112 valence electrons. The van der Waals surface area contributed by atoms with Gasteiger partial charge in [-0.1, -0.05) is 36.0 Å². The number of aliphatic hydroxyl groups is 1. The van der Waals surface area contributed by atoms with Crippen LogP contribution in [0, 0.1) is 0 Å². The van der Waals surface area contributed by atoms with Crippen molar-refractivity contribution in [1.29, 1.82) is 0 Å². The van der Waals surface area contributed by atoms with Crippen LogP contribution in [0.25, 0.3) is 0 Å². The number of likely N-dealkylation sites (tertiary alicyclic amines) is 1. The molecular formula is C15H21Cl2NOS. The van der Waals surface area contributed by atoms with Gasteiger partial charge < -0.3 is 5.11 Å². The average molecular weight is 334 g/mol. The van der Waals surface area contributed by atoms with E-state index in [-0.39, 0.29) is 6.61 Å². The molecule has 1 aliphatic rings. The molecule has 5 heteroatoms. The van der Waals surface area contributed by atoms with Crippen molar-refractivity contribution in [3.8, 4) is 0 Å². The van der Waals surface area contributed by atoms with Crippen LogP contribution in [0.5, 0.6) is 0 Å². The van der Waals surface area contributed by atoms with Crippen molar-refractivity contribution in [1.82, 2.24) is 4.90 Å². The molecule has 1 heterocycles. The molecule has 1 N–H and O–H groups in total. The maximum atomic E-state index is 9.50. The highest BCUT2D eigenvalue weighted by Gasteiger charge is 2.19. The van der Waals surface area contributed by atoms with Gasteiger partial charge in [-0.15, -0.1) is 11.8 Å². The number of rotatable bonds is 5. The van der Waals surface area contributed by atoms with Crippen molar-refractivity contribution in [2.45, 2.75) is 36.6 Å². The fourth-order valence-electron chi connectivity index (χ4n) is 2.60. The summed E-state index contributed by atoms with van der Waals surface area (Å²) in [5, 5.41) is 11.0. The number of halogens is 2. The molecule has 0 amide bonds.